The van der Waals surface area contributed by atoms with Gasteiger partial charge in [0.05, 0.1) is 15.7 Å². The summed E-state index contributed by atoms with van der Waals surface area (Å²) >= 11 is 9.07. The van der Waals surface area contributed by atoms with Crippen LogP contribution >= 0.6 is 27.5 Å². The molecule has 0 radical (unpaired) electrons. The summed E-state index contributed by atoms with van der Waals surface area (Å²) in [5, 5.41) is 22.3. The van der Waals surface area contributed by atoms with E-state index < -0.39 is 27.1 Å². The number of hydrogen-bond acceptors (Lipinski definition) is 4. The number of carbonyl (C=O) groups is 1. The minimum absolute atomic E-state index is 0.189. The molecule has 0 amide bonds. The Morgan fingerprint density at radius 2 is 2.06 bits per heavy atom. The number of hydrogen-bond donors (Lipinski definition) is 0. The number of rotatable bonds is 3. The van der Waals surface area contributed by atoms with E-state index in [0.717, 1.165) is 0 Å². The SMILES string of the molecule is CC(C)(C(=O)[O-])C1C([N+](=O)[O-])=CC=C(Cl)C1Br. The summed E-state index contributed by atoms with van der Waals surface area (Å²) in [6.45, 7) is 2.77. The summed E-state index contributed by atoms with van der Waals surface area (Å²) in [5.41, 5.74) is -1.59. The van der Waals surface area contributed by atoms with Crippen molar-refractivity contribution in [3.05, 3.63) is 33.0 Å². The molecular weight excluding hydrogens is 313 g/mol. The molecule has 0 heterocycles. The van der Waals surface area contributed by atoms with E-state index in [1.165, 1.54) is 26.0 Å². The van der Waals surface area contributed by atoms with E-state index in [9.17, 15) is 20.0 Å². The highest BCUT2D eigenvalue weighted by Gasteiger charge is 2.46. The van der Waals surface area contributed by atoms with Crippen LogP contribution in [0.5, 0.6) is 0 Å². The van der Waals surface area contributed by atoms with Crippen molar-refractivity contribution in [2.75, 3.05) is 0 Å². The smallest absolute Gasteiger partial charge is 0.251 e. The molecule has 0 aliphatic heterocycles. The average Bonchev–Trinajstić information content (AvgIpc) is 2.20. The maximum atomic E-state index is 11.1. The molecule has 1 aliphatic carbocycles. The predicted molar refractivity (Wildman–Crippen MR) is 64.0 cm³/mol. The highest BCUT2D eigenvalue weighted by atomic mass is 79.9. The molecule has 0 aromatic rings. The third kappa shape index (κ3) is 2.52. The number of carbonyl (C=O) groups excluding carboxylic acids is 1. The lowest BCUT2D eigenvalue weighted by Crippen LogP contribution is -2.48. The second-order valence-electron chi connectivity index (χ2n) is 4.29. The van der Waals surface area contributed by atoms with Gasteiger partial charge in [-0.1, -0.05) is 41.4 Å². The Labute approximate surface area is 111 Å². The van der Waals surface area contributed by atoms with Gasteiger partial charge in [0.15, 0.2) is 0 Å². The van der Waals surface area contributed by atoms with Crippen LogP contribution in [0.4, 0.5) is 0 Å². The van der Waals surface area contributed by atoms with Crippen LogP contribution in [0.15, 0.2) is 22.9 Å². The van der Waals surface area contributed by atoms with Crippen molar-refractivity contribution >= 4 is 33.5 Å². The van der Waals surface area contributed by atoms with Gasteiger partial charge < -0.3 is 9.90 Å². The van der Waals surface area contributed by atoms with E-state index in [-0.39, 0.29) is 5.70 Å². The fourth-order valence-electron chi connectivity index (χ4n) is 1.71. The zero-order chi connectivity index (χ0) is 13.4. The lowest BCUT2D eigenvalue weighted by atomic mass is 9.73. The number of carboxylic acid groups (broad SMARTS) is 1. The molecule has 7 heteroatoms. The summed E-state index contributed by atoms with van der Waals surface area (Å²) in [7, 11) is 0. The second-order valence-corrected chi connectivity index (χ2v) is 5.71. The molecule has 0 saturated heterocycles. The van der Waals surface area contributed by atoms with E-state index in [1.54, 1.807) is 0 Å². The number of allylic oxidation sites excluding steroid dienone is 4. The standard InChI is InChI=1S/C10H11BrClNO4/c1-10(2,9(14)15)7-6(13(16)17)4-3-5(12)8(7)11/h3-4,7-8H,1-2H3,(H,14,15)/p-1. The molecule has 2 atom stereocenters. The highest BCUT2D eigenvalue weighted by molar-refractivity contribution is 9.09. The zero-order valence-electron chi connectivity index (χ0n) is 9.15. The van der Waals surface area contributed by atoms with E-state index in [1.807, 2.05) is 0 Å². The first kappa shape index (κ1) is 14.2. The molecule has 94 valence electrons. The summed E-state index contributed by atoms with van der Waals surface area (Å²) in [5.74, 6) is -2.24. The third-order valence-corrected chi connectivity index (χ3v) is 4.45. The van der Waals surface area contributed by atoms with Crippen molar-refractivity contribution in [2.24, 2.45) is 11.3 Å². The molecule has 2 unspecified atom stereocenters. The molecule has 17 heavy (non-hydrogen) atoms. The van der Waals surface area contributed by atoms with Gasteiger partial charge in [0.2, 0.25) is 0 Å². The minimum Gasteiger partial charge on any atom is -0.550 e. The Bertz CT molecular complexity index is 430. The molecular formula is C10H10BrClNO4-. The molecule has 0 saturated carbocycles. The van der Waals surface area contributed by atoms with Gasteiger partial charge in [0.25, 0.3) is 5.70 Å². The topological polar surface area (TPSA) is 83.3 Å². The largest absolute Gasteiger partial charge is 0.550 e. The Morgan fingerprint density at radius 3 is 2.47 bits per heavy atom. The number of alkyl halides is 1. The van der Waals surface area contributed by atoms with Crippen molar-refractivity contribution in [3.63, 3.8) is 0 Å². The van der Waals surface area contributed by atoms with Gasteiger partial charge in [-0.05, 0) is 6.08 Å². The van der Waals surface area contributed by atoms with Gasteiger partial charge in [0, 0.05) is 22.5 Å². The van der Waals surface area contributed by atoms with Gasteiger partial charge in [-0.2, -0.15) is 0 Å². The van der Waals surface area contributed by atoms with E-state index in [0.29, 0.717) is 5.03 Å². The predicted octanol–water partition coefficient (Wildman–Crippen LogP) is 1.44. The lowest BCUT2D eigenvalue weighted by molar-refractivity contribution is -0.437. The van der Waals surface area contributed by atoms with Gasteiger partial charge in [-0.15, -0.1) is 0 Å². The quantitative estimate of drug-likeness (QED) is 0.447. The molecule has 0 bridgehead atoms. The Kier molecular flexibility index (Phi) is 3.99. The molecule has 1 rings (SSSR count). The van der Waals surface area contributed by atoms with Gasteiger partial charge >= 0.3 is 0 Å². The number of carboxylic acids is 1. The number of nitro groups is 1. The van der Waals surface area contributed by atoms with E-state index >= 15 is 0 Å². The summed E-state index contributed by atoms with van der Waals surface area (Å²) < 4.78 is 0. The molecule has 0 aromatic heterocycles. The van der Waals surface area contributed by atoms with Crippen LogP contribution in [-0.4, -0.2) is 15.7 Å². The van der Waals surface area contributed by atoms with Crippen molar-refractivity contribution < 1.29 is 14.8 Å². The van der Waals surface area contributed by atoms with Crippen molar-refractivity contribution in [1.29, 1.82) is 0 Å². The van der Waals surface area contributed by atoms with Crippen LogP contribution in [-0.2, 0) is 4.79 Å². The van der Waals surface area contributed by atoms with Crippen LogP contribution in [0.25, 0.3) is 0 Å². The normalized spacial score (nSPS) is 24.9. The molecule has 1 aliphatic rings. The molecule has 0 fully saturated rings. The first-order chi connectivity index (χ1) is 7.69. The fraction of sp³-hybridized carbons (Fsp3) is 0.500. The lowest BCUT2D eigenvalue weighted by Gasteiger charge is -2.37. The molecule has 0 aromatic carbocycles. The van der Waals surface area contributed by atoms with Crippen LogP contribution in [0, 0.1) is 21.4 Å². The van der Waals surface area contributed by atoms with Gasteiger partial charge in [-0.3, -0.25) is 10.1 Å². The minimum atomic E-state index is -1.40. The summed E-state index contributed by atoms with van der Waals surface area (Å²) in [6, 6.07) is 0. The third-order valence-electron chi connectivity index (χ3n) is 2.80. The average molecular weight is 324 g/mol. The number of nitrogens with zero attached hydrogens (tertiary/aromatic N) is 1. The maximum absolute atomic E-state index is 11.1. The Hall–Kier alpha value is -0.880. The fourth-order valence-corrected chi connectivity index (χ4v) is 2.98. The molecule has 0 N–H and O–H groups in total. The number of aliphatic carboxylic acids is 1. The van der Waals surface area contributed by atoms with Crippen LogP contribution in [0.2, 0.25) is 0 Å². The van der Waals surface area contributed by atoms with Crippen LogP contribution in [0.1, 0.15) is 13.8 Å². The van der Waals surface area contributed by atoms with Crippen molar-refractivity contribution in [3.8, 4) is 0 Å². The van der Waals surface area contributed by atoms with Crippen molar-refractivity contribution in [1.82, 2.24) is 0 Å². The first-order valence-electron chi connectivity index (χ1n) is 4.76. The first-order valence-corrected chi connectivity index (χ1v) is 6.06. The molecule has 5 nitrogen and oxygen atoms in total. The van der Waals surface area contributed by atoms with E-state index in [4.69, 9.17) is 11.6 Å². The summed E-state index contributed by atoms with van der Waals surface area (Å²) in [4.78, 5) is 20.8. The summed E-state index contributed by atoms with van der Waals surface area (Å²) in [6.07, 6.45) is 2.62. The maximum Gasteiger partial charge on any atom is 0.251 e. The van der Waals surface area contributed by atoms with Crippen LogP contribution < -0.4 is 5.11 Å². The van der Waals surface area contributed by atoms with Crippen LogP contribution in [0.3, 0.4) is 0 Å². The number of halogens is 2. The Balaban J connectivity index is 3.29. The van der Waals surface area contributed by atoms with Gasteiger partial charge in [0.1, 0.15) is 0 Å². The highest BCUT2D eigenvalue weighted by Crippen LogP contribution is 2.44. The van der Waals surface area contributed by atoms with Gasteiger partial charge in [-0.25, -0.2) is 0 Å². The monoisotopic (exact) mass is 322 g/mol. The van der Waals surface area contributed by atoms with E-state index in [2.05, 4.69) is 15.9 Å². The van der Waals surface area contributed by atoms with Crippen molar-refractivity contribution in [2.45, 2.75) is 18.7 Å². The zero-order valence-corrected chi connectivity index (χ0v) is 11.5. The molecule has 0 spiro atoms. The second kappa shape index (κ2) is 4.78. The Morgan fingerprint density at radius 1 is 1.53 bits per heavy atom.